The number of nitrogens with zero attached hydrogens (tertiary/aromatic N) is 1. The monoisotopic (exact) mass is 347 g/mol. The highest BCUT2D eigenvalue weighted by atomic mass is 16.5. The summed E-state index contributed by atoms with van der Waals surface area (Å²) >= 11 is 0. The second kappa shape index (κ2) is 9.01. The lowest BCUT2D eigenvalue weighted by molar-refractivity contribution is -0.144. The third-order valence-electron chi connectivity index (χ3n) is 4.04. The van der Waals surface area contributed by atoms with Gasteiger partial charge in [-0.05, 0) is 32.8 Å². The average molecular weight is 347 g/mol. The summed E-state index contributed by atoms with van der Waals surface area (Å²) in [7, 11) is 0. The number of benzene rings is 1. The van der Waals surface area contributed by atoms with Crippen LogP contribution in [0.15, 0.2) is 46.7 Å². The van der Waals surface area contributed by atoms with Crippen molar-refractivity contribution in [3.63, 3.8) is 0 Å². The number of carboxylic acid groups (broad SMARTS) is 1. The molecule has 0 heterocycles. The first-order valence-electron chi connectivity index (χ1n) is 8.17. The zero-order chi connectivity index (χ0) is 19.0. The quantitative estimate of drug-likeness (QED) is 0.325. The summed E-state index contributed by atoms with van der Waals surface area (Å²) in [4.78, 5) is 28.6. The normalized spacial score (nSPS) is 15.1. The maximum atomic E-state index is 12.3. The molecule has 0 aliphatic carbocycles. The number of aliphatic carboxylic acids is 1. The predicted molar refractivity (Wildman–Crippen MR) is 95.6 cm³/mol. The van der Waals surface area contributed by atoms with Crippen molar-refractivity contribution >= 4 is 17.7 Å². The molecule has 136 valence electrons. The van der Waals surface area contributed by atoms with Crippen molar-refractivity contribution in [2.75, 3.05) is 6.61 Å². The standard InChI is InChI=1S/C19H25NO5/c1-5-19(4,18(23)24)16(15(13(3)21)17(22)25-6-2)20-12-14-10-8-7-9-11-14/h7-11,21H,5-6,12H2,1-4H3,(H,23,24). The number of esters is 1. The Morgan fingerprint density at radius 1 is 1.16 bits per heavy atom. The molecule has 0 saturated carbocycles. The largest absolute Gasteiger partial charge is 0.512 e. The molecule has 0 fully saturated rings. The number of aliphatic imine (C=N–C) groups is 1. The summed E-state index contributed by atoms with van der Waals surface area (Å²) < 4.78 is 4.99. The number of carboxylic acids is 1. The van der Waals surface area contributed by atoms with E-state index in [1.165, 1.54) is 13.8 Å². The van der Waals surface area contributed by atoms with E-state index in [4.69, 9.17) is 4.74 Å². The molecule has 1 rings (SSSR count). The highest BCUT2D eigenvalue weighted by Gasteiger charge is 2.42. The highest BCUT2D eigenvalue weighted by Crippen LogP contribution is 2.30. The minimum absolute atomic E-state index is 0.0183. The molecule has 1 aromatic rings. The van der Waals surface area contributed by atoms with Crippen LogP contribution in [0, 0.1) is 5.41 Å². The molecule has 0 aliphatic rings. The Bertz CT molecular complexity index is 674. The molecule has 0 aromatic heterocycles. The van der Waals surface area contributed by atoms with Crippen molar-refractivity contribution in [3.05, 3.63) is 47.2 Å². The second-order valence-electron chi connectivity index (χ2n) is 5.82. The van der Waals surface area contributed by atoms with Gasteiger partial charge in [-0.3, -0.25) is 9.79 Å². The SMILES string of the molecule is CCOC(=O)C(C(=NCc1ccccc1)C(C)(CC)C(=O)O)=C(C)O. The fourth-order valence-corrected chi connectivity index (χ4v) is 2.32. The summed E-state index contributed by atoms with van der Waals surface area (Å²) in [6.07, 6.45) is 0.201. The molecule has 0 amide bonds. The van der Waals surface area contributed by atoms with Crippen LogP contribution < -0.4 is 0 Å². The molecule has 2 N–H and O–H groups in total. The molecule has 6 heteroatoms. The summed E-state index contributed by atoms with van der Waals surface area (Å²) in [5.41, 5.74) is -0.738. The van der Waals surface area contributed by atoms with Gasteiger partial charge in [-0.2, -0.15) is 0 Å². The second-order valence-corrected chi connectivity index (χ2v) is 5.82. The minimum atomic E-state index is -1.43. The number of ether oxygens (including phenoxy) is 1. The van der Waals surface area contributed by atoms with Crippen molar-refractivity contribution in [2.45, 2.75) is 40.7 Å². The van der Waals surface area contributed by atoms with E-state index >= 15 is 0 Å². The molecule has 0 radical (unpaired) electrons. The first-order chi connectivity index (χ1) is 11.8. The topological polar surface area (TPSA) is 96.2 Å². The lowest BCUT2D eigenvalue weighted by Gasteiger charge is -2.27. The van der Waals surface area contributed by atoms with Crippen LogP contribution in [-0.2, 0) is 20.9 Å². The average Bonchev–Trinajstić information content (AvgIpc) is 2.58. The van der Waals surface area contributed by atoms with E-state index in [2.05, 4.69) is 4.99 Å². The number of aliphatic hydroxyl groups is 1. The van der Waals surface area contributed by atoms with Crippen LogP contribution in [0.3, 0.4) is 0 Å². The van der Waals surface area contributed by atoms with Crippen LogP contribution in [-0.4, -0.2) is 34.5 Å². The summed E-state index contributed by atoms with van der Waals surface area (Å²) in [6.45, 7) is 6.44. The molecular weight excluding hydrogens is 322 g/mol. The van der Waals surface area contributed by atoms with Gasteiger partial charge in [-0.1, -0.05) is 37.3 Å². The van der Waals surface area contributed by atoms with E-state index < -0.39 is 17.4 Å². The van der Waals surface area contributed by atoms with Crippen LogP contribution in [0.4, 0.5) is 0 Å². The van der Waals surface area contributed by atoms with Crippen molar-refractivity contribution in [2.24, 2.45) is 10.4 Å². The number of carbonyl (C=O) groups is 2. The van der Waals surface area contributed by atoms with Gasteiger partial charge in [-0.15, -0.1) is 0 Å². The molecule has 0 bridgehead atoms. The third kappa shape index (κ3) is 4.92. The van der Waals surface area contributed by atoms with Crippen LogP contribution >= 0.6 is 0 Å². The number of rotatable bonds is 8. The lowest BCUT2D eigenvalue weighted by Crippen LogP contribution is -2.39. The van der Waals surface area contributed by atoms with Gasteiger partial charge >= 0.3 is 11.9 Å². The Morgan fingerprint density at radius 3 is 2.20 bits per heavy atom. The maximum Gasteiger partial charge on any atom is 0.343 e. The predicted octanol–water partition coefficient (Wildman–Crippen LogP) is 3.52. The summed E-state index contributed by atoms with van der Waals surface area (Å²) in [5.74, 6) is -2.22. The molecule has 0 spiro atoms. The van der Waals surface area contributed by atoms with Crippen molar-refractivity contribution in [1.82, 2.24) is 0 Å². The Hall–Kier alpha value is -2.63. The van der Waals surface area contributed by atoms with Crippen molar-refractivity contribution < 1.29 is 24.5 Å². The van der Waals surface area contributed by atoms with E-state index in [1.54, 1.807) is 13.8 Å². The van der Waals surface area contributed by atoms with E-state index in [-0.39, 0.29) is 36.6 Å². The van der Waals surface area contributed by atoms with Crippen molar-refractivity contribution in [3.8, 4) is 0 Å². The molecule has 0 saturated heterocycles. The number of hydrogen-bond donors (Lipinski definition) is 2. The molecule has 1 aromatic carbocycles. The van der Waals surface area contributed by atoms with Gasteiger partial charge in [0.15, 0.2) is 0 Å². The van der Waals surface area contributed by atoms with Gasteiger partial charge in [-0.25, -0.2) is 4.79 Å². The third-order valence-corrected chi connectivity index (χ3v) is 4.04. The number of allylic oxidation sites excluding steroid dienone is 1. The Balaban J connectivity index is 3.48. The van der Waals surface area contributed by atoms with Crippen LogP contribution in [0.1, 0.15) is 39.7 Å². The van der Waals surface area contributed by atoms with Crippen molar-refractivity contribution in [1.29, 1.82) is 0 Å². The Kier molecular flexibility index (Phi) is 7.36. The first-order valence-corrected chi connectivity index (χ1v) is 8.17. The molecule has 6 nitrogen and oxygen atoms in total. The van der Waals surface area contributed by atoms with Gasteiger partial charge < -0.3 is 14.9 Å². The van der Waals surface area contributed by atoms with Crippen LogP contribution in [0.25, 0.3) is 0 Å². The summed E-state index contributed by atoms with van der Waals surface area (Å²) in [6, 6.07) is 9.26. The van der Waals surface area contributed by atoms with Gasteiger partial charge in [0.25, 0.3) is 0 Å². The smallest absolute Gasteiger partial charge is 0.343 e. The van der Waals surface area contributed by atoms with E-state index in [0.29, 0.717) is 0 Å². The Labute approximate surface area is 147 Å². The molecule has 1 atom stereocenters. The first kappa shape index (κ1) is 20.4. The van der Waals surface area contributed by atoms with Gasteiger partial charge in [0.1, 0.15) is 16.7 Å². The molecule has 1 unspecified atom stereocenters. The molecular formula is C19H25NO5. The Morgan fingerprint density at radius 2 is 1.76 bits per heavy atom. The van der Waals surface area contributed by atoms with Crippen LogP contribution in [0.5, 0.6) is 0 Å². The lowest BCUT2D eigenvalue weighted by atomic mass is 9.78. The van der Waals surface area contributed by atoms with Crippen LogP contribution in [0.2, 0.25) is 0 Å². The number of carbonyl (C=O) groups excluding carboxylic acids is 1. The number of aliphatic hydroxyl groups excluding tert-OH is 1. The minimum Gasteiger partial charge on any atom is -0.512 e. The van der Waals surface area contributed by atoms with E-state index in [9.17, 15) is 19.8 Å². The molecule has 0 aliphatic heterocycles. The number of hydrogen-bond acceptors (Lipinski definition) is 5. The fourth-order valence-electron chi connectivity index (χ4n) is 2.32. The maximum absolute atomic E-state index is 12.3. The van der Waals surface area contributed by atoms with E-state index in [1.807, 2.05) is 30.3 Å². The molecule has 25 heavy (non-hydrogen) atoms. The zero-order valence-electron chi connectivity index (χ0n) is 15.1. The van der Waals surface area contributed by atoms with Gasteiger partial charge in [0.05, 0.1) is 18.9 Å². The van der Waals surface area contributed by atoms with Gasteiger partial charge in [0, 0.05) is 0 Å². The summed E-state index contributed by atoms with van der Waals surface area (Å²) in [5, 5.41) is 19.7. The van der Waals surface area contributed by atoms with Gasteiger partial charge in [0.2, 0.25) is 0 Å². The highest BCUT2D eigenvalue weighted by molar-refractivity contribution is 6.26. The fraction of sp³-hybridized carbons (Fsp3) is 0.421. The van der Waals surface area contributed by atoms with E-state index in [0.717, 1.165) is 5.56 Å². The zero-order valence-corrected chi connectivity index (χ0v) is 15.1.